The summed E-state index contributed by atoms with van der Waals surface area (Å²) in [5.41, 5.74) is 1.26. The molecule has 2 aromatic carbocycles. The Morgan fingerprint density at radius 1 is 1.04 bits per heavy atom. The molecule has 0 unspecified atom stereocenters. The maximum atomic E-state index is 12.6. The van der Waals surface area contributed by atoms with Crippen LogP contribution >= 0.6 is 0 Å². The average molecular weight is 407 g/mol. The van der Waals surface area contributed by atoms with E-state index >= 15 is 0 Å². The Labute approximate surface area is 166 Å². The van der Waals surface area contributed by atoms with Crippen molar-refractivity contribution in [1.29, 1.82) is 0 Å². The van der Waals surface area contributed by atoms with Crippen LogP contribution in [0.4, 0.5) is 5.69 Å². The van der Waals surface area contributed by atoms with E-state index in [0.717, 1.165) is 0 Å². The molecule has 0 aliphatic carbocycles. The van der Waals surface area contributed by atoms with Gasteiger partial charge in [-0.25, -0.2) is 8.42 Å². The number of amides is 1. The Morgan fingerprint density at radius 2 is 1.68 bits per heavy atom. The van der Waals surface area contributed by atoms with Gasteiger partial charge in [-0.15, -0.1) is 0 Å². The zero-order valence-electron chi connectivity index (χ0n) is 16.5. The Kier molecular flexibility index (Phi) is 7.42. The van der Waals surface area contributed by atoms with Crippen LogP contribution in [0.25, 0.3) is 0 Å². The standard InChI is InChI=1S/C20H26N2O5S/c1-5-26-17-9-7-16(8-10-17)21-20(23)15(4)22-28(24,25)18-11-12-19(27-6-2)14(3)13-18/h7-13,15,22H,5-6H2,1-4H3,(H,21,23)/t15-/m0/s1. The van der Waals surface area contributed by atoms with Crippen LogP contribution in [0.5, 0.6) is 11.5 Å². The first-order valence-electron chi connectivity index (χ1n) is 9.06. The minimum atomic E-state index is -3.85. The van der Waals surface area contributed by atoms with Gasteiger partial charge in [0.1, 0.15) is 11.5 Å². The van der Waals surface area contributed by atoms with Crippen LogP contribution in [0, 0.1) is 6.92 Å². The van der Waals surface area contributed by atoms with Crippen molar-refractivity contribution in [2.24, 2.45) is 0 Å². The Morgan fingerprint density at radius 3 is 2.25 bits per heavy atom. The molecule has 28 heavy (non-hydrogen) atoms. The summed E-state index contributed by atoms with van der Waals surface area (Å²) in [5, 5.41) is 2.68. The highest BCUT2D eigenvalue weighted by molar-refractivity contribution is 7.89. The highest BCUT2D eigenvalue weighted by Gasteiger charge is 2.22. The van der Waals surface area contributed by atoms with Gasteiger partial charge in [0.25, 0.3) is 0 Å². The minimum Gasteiger partial charge on any atom is -0.494 e. The van der Waals surface area contributed by atoms with Gasteiger partial charge in [-0.3, -0.25) is 4.79 Å². The maximum absolute atomic E-state index is 12.6. The van der Waals surface area contributed by atoms with Crippen molar-refractivity contribution in [3.63, 3.8) is 0 Å². The lowest BCUT2D eigenvalue weighted by Crippen LogP contribution is -2.41. The lowest BCUT2D eigenvalue weighted by Gasteiger charge is -2.16. The highest BCUT2D eigenvalue weighted by atomic mass is 32.2. The molecule has 8 heteroatoms. The summed E-state index contributed by atoms with van der Waals surface area (Å²) in [4.78, 5) is 12.4. The van der Waals surface area contributed by atoms with Crippen molar-refractivity contribution in [3.8, 4) is 11.5 Å². The van der Waals surface area contributed by atoms with Crippen molar-refractivity contribution >= 4 is 21.6 Å². The number of carbonyl (C=O) groups is 1. The molecule has 0 saturated carbocycles. The topological polar surface area (TPSA) is 93.7 Å². The molecule has 0 aliphatic rings. The van der Waals surface area contributed by atoms with E-state index in [1.54, 1.807) is 37.3 Å². The maximum Gasteiger partial charge on any atom is 0.242 e. The summed E-state index contributed by atoms with van der Waals surface area (Å²) < 4.78 is 38.3. The van der Waals surface area contributed by atoms with Crippen molar-refractivity contribution in [2.75, 3.05) is 18.5 Å². The largest absolute Gasteiger partial charge is 0.494 e. The predicted octanol–water partition coefficient (Wildman–Crippen LogP) is 3.10. The molecule has 2 N–H and O–H groups in total. The monoisotopic (exact) mass is 406 g/mol. The molecule has 2 aromatic rings. The van der Waals surface area contributed by atoms with Gasteiger partial charge < -0.3 is 14.8 Å². The fourth-order valence-electron chi connectivity index (χ4n) is 2.51. The van der Waals surface area contributed by atoms with Crippen molar-refractivity contribution in [3.05, 3.63) is 48.0 Å². The van der Waals surface area contributed by atoms with Crippen LogP contribution in [-0.2, 0) is 14.8 Å². The summed E-state index contributed by atoms with van der Waals surface area (Å²) in [7, 11) is -3.85. The van der Waals surface area contributed by atoms with E-state index in [1.807, 2.05) is 13.8 Å². The third-order valence-electron chi connectivity index (χ3n) is 3.91. The molecule has 2 rings (SSSR count). The Bertz CT molecular complexity index is 911. The number of sulfonamides is 1. The fourth-order valence-corrected chi connectivity index (χ4v) is 3.80. The number of anilines is 1. The number of hydrogen-bond acceptors (Lipinski definition) is 5. The quantitative estimate of drug-likeness (QED) is 0.667. The molecule has 0 aromatic heterocycles. The highest BCUT2D eigenvalue weighted by Crippen LogP contribution is 2.22. The third-order valence-corrected chi connectivity index (χ3v) is 5.45. The number of carbonyl (C=O) groups excluding carboxylic acids is 1. The van der Waals surface area contributed by atoms with Crippen LogP contribution in [0.1, 0.15) is 26.3 Å². The molecule has 0 heterocycles. The summed E-state index contributed by atoms with van der Waals surface area (Å²) in [6.07, 6.45) is 0. The van der Waals surface area contributed by atoms with Crippen LogP contribution in [0.15, 0.2) is 47.4 Å². The first-order chi connectivity index (χ1) is 13.3. The third kappa shape index (κ3) is 5.71. The minimum absolute atomic E-state index is 0.0779. The fraction of sp³-hybridized carbons (Fsp3) is 0.350. The van der Waals surface area contributed by atoms with Gasteiger partial charge >= 0.3 is 0 Å². The molecule has 0 radical (unpaired) electrons. The van der Waals surface area contributed by atoms with Gasteiger partial charge in [0.05, 0.1) is 24.2 Å². The first kappa shape index (κ1) is 21.7. The van der Waals surface area contributed by atoms with E-state index in [-0.39, 0.29) is 4.90 Å². The van der Waals surface area contributed by atoms with Crippen LogP contribution in [0.2, 0.25) is 0 Å². The molecule has 1 atom stereocenters. The number of nitrogens with one attached hydrogen (secondary N) is 2. The van der Waals surface area contributed by atoms with Gasteiger partial charge in [-0.2, -0.15) is 4.72 Å². The van der Waals surface area contributed by atoms with E-state index in [9.17, 15) is 13.2 Å². The average Bonchev–Trinajstić information content (AvgIpc) is 2.65. The summed E-state index contributed by atoms with van der Waals surface area (Å²) in [5.74, 6) is 0.859. The zero-order chi connectivity index (χ0) is 20.7. The Hall–Kier alpha value is -2.58. The van der Waals surface area contributed by atoms with Gasteiger partial charge in [-0.05, 0) is 75.7 Å². The molecule has 0 spiro atoms. The zero-order valence-corrected chi connectivity index (χ0v) is 17.3. The molecule has 0 fully saturated rings. The summed E-state index contributed by atoms with van der Waals surface area (Å²) in [6.45, 7) is 8.05. The molecule has 0 aliphatic heterocycles. The van der Waals surface area contributed by atoms with Crippen molar-refractivity contribution in [1.82, 2.24) is 4.72 Å². The normalized spacial score (nSPS) is 12.3. The van der Waals surface area contributed by atoms with Gasteiger partial charge in [0.2, 0.25) is 15.9 Å². The van der Waals surface area contributed by atoms with E-state index in [4.69, 9.17) is 9.47 Å². The van der Waals surface area contributed by atoms with E-state index in [1.165, 1.54) is 19.1 Å². The molecule has 0 bridgehead atoms. The number of ether oxygens (including phenoxy) is 2. The molecule has 1 amide bonds. The number of rotatable bonds is 9. The molecular weight excluding hydrogens is 380 g/mol. The predicted molar refractivity (Wildman–Crippen MR) is 108 cm³/mol. The number of hydrogen-bond donors (Lipinski definition) is 2. The van der Waals surface area contributed by atoms with Gasteiger partial charge in [0.15, 0.2) is 0 Å². The van der Waals surface area contributed by atoms with Gasteiger partial charge in [0, 0.05) is 5.69 Å². The molecule has 7 nitrogen and oxygen atoms in total. The van der Waals surface area contributed by atoms with E-state index in [2.05, 4.69) is 10.0 Å². The second-order valence-electron chi connectivity index (χ2n) is 6.15. The summed E-state index contributed by atoms with van der Waals surface area (Å²) >= 11 is 0. The number of aryl methyl sites for hydroxylation is 1. The molecular formula is C20H26N2O5S. The van der Waals surface area contributed by atoms with E-state index < -0.39 is 22.0 Å². The second-order valence-corrected chi connectivity index (χ2v) is 7.86. The lowest BCUT2D eigenvalue weighted by molar-refractivity contribution is -0.117. The SMILES string of the molecule is CCOc1ccc(NC(=O)[C@H](C)NS(=O)(=O)c2ccc(OCC)c(C)c2)cc1. The van der Waals surface area contributed by atoms with Crippen LogP contribution in [0.3, 0.4) is 0 Å². The summed E-state index contributed by atoms with van der Waals surface area (Å²) in [6, 6.07) is 10.5. The second kappa shape index (κ2) is 9.57. The van der Waals surface area contributed by atoms with Crippen molar-refractivity contribution < 1.29 is 22.7 Å². The van der Waals surface area contributed by atoms with E-state index in [0.29, 0.717) is 36.0 Å². The number of benzene rings is 2. The van der Waals surface area contributed by atoms with Crippen LogP contribution < -0.4 is 19.5 Å². The smallest absolute Gasteiger partial charge is 0.242 e. The van der Waals surface area contributed by atoms with Crippen molar-refractivity contribution in [2.45, 2.75) is 38.6 Å². The lowest BCUT2D eigenvalue weighted by atomic mass is 10.2. The Balaban J connectivity index is 2.04. The molecule has 152 valence electrons. The van der Waals surface area contributed by atoms with Gasteiger partial charge in [-0.1, -0.05) is 0 Å². The van der Waals surface area contributed by atoms with Crippen LogP contribution in [-0.4, -0.2) is 33.6 Å². The molecule has 0 saturated heterocycles. The first-order valence-corrected chi connectivity index (χ1v) is 10.5.